The molecule has 0 aliphatic heterocycles. The minimum atomic E-state index is -0.966. The molecule has 8 nitrogen and oxygen atoms in total. The number of aromatic hydroxyl groups is 1. The number of aromatic nitrogens is 1. The number of amides is 1. The van der Waals surface area contributed by atoms with Gasteiger partial charge in [-0.05, 0) is 81.2 Å². The van der Waals surface area contributed by atoms with Crippen molar-refractivity contribution in [1.29, 1.82) is 0 Å². The van der Waals surface area contributed by atoms with E-state index in [0.717, 1.165) is 18.7 Å². The van der Waals surface area contributed by atoms with E-state index in [1.807, 2.05) is 26.2 Å². The number of halogens is 1. The Kier molecular flexibility index (Phi) is 8.41. The molecule has 0 saturated carbocycles. The number of carboxylic acid groups (broad SMARTS) is 1. The molecule has 3 N–H and O–H groups in total. The lowest BCUT2D eigenvalue weighted by Gasteiger charge is -2.22. The summed E-state index contributed by atoms with van der Waals surface area (Å²) in [5.74, 6) is -1.66. The minimum absolute atomic E-state index is 0.0584. The lowest BCUT2D eigenvalue weighted by molar-refractivity contribution is -0.136. The highest BCUT2D eigenvalue weighted by Gasteiger charge is 2.20. The summed E-state index contributed by atoms with van der Waals surface area (Å²) in [5, 5.41) is 20.7. The van der Waals surface area contributed by atoms with Crippen molar-refractivity contribution in [1.82, 2.24) is 9.88 Å². The zero-order chi connectivity index (χ0) is 28.1. The number of aliphatic imine (C=N–C) groups is 1. The summed E-state index contributed by atoms with van der Waals surface area (Å²) >= 11 is 0. The first kappa shape index (κ1) is 27.5. The number of aromatic amines is 1. The van der Waals surface area contributed by atoms with Crippen LogP contribution in [0.4, 0.5) is 15.8 Å². The number of nitrogens with zero attached hydrogens (tertiary/aromatic N) is 3. The number of carbonyl (C=O) groups is 2. The number of fused-ring (bicyclic) bond motifs is 1. The largest absolute Gasteiger partial charge is 0.494 e. The smallest absolute Gasteiger partial charge is 0.307 e. The van der Waals surface area contributed by atoms with Crippen LogP contribution in [0.2, 0.25) is 0 Å². The molecule has 1 heterocycles. The summed E-state index contributed by atoms with van der Waals surface area (Å²) in [4.78, 5) is 35.1. The van der Waals surface area contributed by atoms with E-state index in [4.69, 9.17) is 4.99 Å². The summed E-state index contributed by atoms with van der Waals surface area (Å²) in [7, 11) is 3.98. The molecule has 0 bridgehead atoms. The Morgan fingerprint density at radius 1 is 1.00 bits per heavy atom. The van der Waals surface area contributed by atoms with Crippen LogP contribution in [-0.4, -0.2) is 64.9 Å². The van der Waals surface area contributed by atoms with Gasteiger partial charge in [0.1, 0.15) is 5.82 Å². The minimum Gasteiger partial charge on any atom is -0.494 e. The maximum Gasteiger partial charge on any atom is 0.307 e. The number of rotatable bonds is 10. The fraction of sp³-hybridized carbons (Fsp3) is 0.233. The third-order valence-corrected chi connectivity index (χ3v) is 6.30. The fourth-order valence-electron chi connectivity index (χ4n) is 4.51. The molecule has 0 aliphatic carbocycles. The quantitative estimate of drug-likeness (QED) is 0.247. The van der Waals surface area contributed by atoms with E-state index in [2.05, 4.69) is 9.88 Å². The molecule has 0 aliphatic rings. The number of hydrogen-bond donors (Lipinski definition) is 3. The van der Waals surface area contributed by atoms with Crippen LogP contribution < -0.4 is 4.90 Å². The second-order valence-corrected chi connectivity index (χ2v) is 9.61. The number of hydrogen-bond acceptors (Lipinski definition) is 5. The maximum absolute atomic E-state index is 13.9. The Morgan fingerprint density at radius 2 is 1.74 bits per heavy atom. The number of anilines is 1. The van der Waals surface area contributed by atoms with Gasteiger partial charge in [-0.2, -0.15) is 0 Å². The van der Waals surface area contributed by atoms with Gasteiger partial charge in [0.2, 0.25) is 5.91 Å². The normalized spacial score (nSPS) is 11.8. The average molecular weight is 531 g/mol. The van der Waals surface area contributed by atoms with Gasteiger partial charge in [-0.15, -0.1) is 0 Å². The van der Waals surface area contributed by atoms with Gasteiger partial charge in [0.25, 0.3) is 0 Å². The van der Waals surface area contributed by atoms with Gasteiger partial charge in [0.15, 0.2) is 5.88 Å². The summed E-state index contributed by atoms with van der Waals surface area (Å²) in [6.45, 7) is 2.97. The van der Waals surface area contributed by atoms with Crippen LogP contribution in [0.1, 0.15) is 30.0 Å². The molecule has 0 atom stereocenters. The van der Waals surface area contributed by atoms with Gasteiger partial charge in [-0.25, -0.2) is 9.38 Å². The van der Waals surface area contributed by atoms with E-state index in [1.165, 1.54) is 19.1 Å². The van der Waals surface area contributed by atoms with E-state index < -0.39 is 11.8 Å². The van der Waals surface area contributed by atoms with Crippen LogP contribution in [0.3, 0.4) is 0 Å². The van der Waals surface area contributed by atoms with E-state index in [9.17, 15) is 24.2 Å². The Labute approximate surface area is 226 Å². The van der Waals surface area contributed by atoms with Crippen LogP contribution in [0, 0.1) is 5.82 Å². The molecule has 3 aromatic carbocycles. The summed E-state index contributed by atoms with van der Waals surface area (Å²) in [6, 6.07) is 18.3. The van der Waals surface area contributed by atoms with Crippen LogP contribution in [0.15, 0.2) is 71.7 Å². The van der Waals surface area contributed by atoms with E-state index in [1.54, 1.807) is 47.4 Å². The predicted molar refractivity (Wildman–Crippen MR) is 151 cm³/mol. The van der Waals surface area contributed by atoms with Crippen molar-refractivity contribution in [2.75, 3.05) is 32.1 Å². The van der Waals surface area contributed by atoms with E-state index >= 15 is 0 Å². The van der Waals surface area contributed by atoms with Crippen molar-refractivity contribution in [3.8, 4) is 5.88 Å². The first-order valence-corrected chi connectivity index (χ1v) is 12.6. The second-order valence-electron chi connectivity index (χ2n) is 9.61. The highest BCUT2D eigenvalue weighted by atomic mass is 19.1. The van der Waals surface area contributed by atoms with Crippen molar-refractivity contribution in [2.24, 2.45) is 4.99 Å². The predicted octanol–water partition coefficient (Wildman–Crippen LogP) is 5.11. The Hall–Kier alpha value is -4.50. The zero-order valence-corrected chi connectivity index (χ0v) is 22.1. The number of H-pyrrole nitrogens is 1. The summed E-state index contributed by atoms with van der Waals surface area (Å²) in [6.07, 6.45) is 0.652. The molecule has 39 heavy (non-hydrogen) atoms. The van der Waals surface area contributed by atoms with Crippen LogP contribution in [0.5, 0.6) is 5.88 Å². The molecule has 4 aromatic rings. The van der Waals surface area contributed by atoms with Crippen molar-refractivity contribution >= 4 is 39.9 Å². The standard InChI is InChI=1S/C30H31FN4O4/c1-19(36)35(15-5-14-34(2)3)24-11-9-23(10-12-24)32-29(21-7-4-6-20(16-21)17-27(37)38)28-25-13-8-22(31)18-26(25)33-30(28)39/h4,6-13,16,18,33,39H,5,14-15,17H2,1-3H3,(H,37,38). The first-order chi connectivity index (χ1) is 18.6. The van der Waals surface area contributed by atoms with Gasteiger partial charge < -0.3 is 25.0 Å². The van der Waals surface area contributed by atoms with Crippen molar-refractivity contribution in [3.63, 3.8) is 0 Å². The lowest BCUT2D eigenvalue weighted by Crippen LogP contribution is -2.31. The third-order valence-electron chi connectivity index (χ3n) is 6.30. The number of aliphatic carboxylic acids is 1. The molecule has 0 unspecified atom stereocenters. The second kappa shape index (κ2) is 11.9. The highest BCUT2D eigenvalue weighted by Crippen LogP contribution is 2.32. The van der Waals surface area contributed by atoms with Crippen molar-refractivity contribution in [2.45, 2.75) is 19.8 Å². The molecule has 0 fully saturated rings. The fourth-order valence-corrected chi connectivity index (χ4v) is 4.51. The number of nitrogens with one attached hydrogen (secondary N) is 1. The molecular formula is C30H31FN4O4. The molecule has 202 valence electrons. The lowest BCUT2D eigenvalue weighted by atomic mass is 9.98. The Balaban J connectivity index is 1.78. The molecule has 9 heteroatoms. The van der Waals surface area contributed by atoms with Gasteiger partial charge in [-0.3, -0.25) is 9.59 Å². The first-order valence-electron chi connectivity index (χ1n) is 12.6. The number of carbonyl (C=O) groups excluding carboxylic acids is 1. The van der Waals surface area contributed by atoms with Gasteiger partial charge in [0, 0.05) is 30.1 Å². The molecule has 0 spiro atoms. The number of carboxylic acids is 1. The third kappa shape index (κ3) is 6.69. The van der Waals surface area contributed by atoms with Crippen LogP contribution in [-0.2, 0) is 16.0 Å². The summed E-state index contributed by atoms with van der Waals surface area (Å²) < 4.78 is 13.9. The van der Waals surface area contributed by atoms with Gasteiger partial charge in [0.05, 0.1) is 28.9 Å². The maximum atomic E-state index is 13.9. The van der Waals surface area contributed by atoms with Gasteiger partial charge >= 0.3 is 5.97 Å². The molecule has 0 radical (unpaired) electrons. The van der Waals surface area contributed by atoms with Crippen LogP contribution >= 0.6 is 0 Å². The molecule has 4 rings (SSSR count). The highest BCUT2D eigenvalue weighted by molar-refractivity contribution is 6.22. The summed E-state index contributed by atoms with van der Waals surface area (Å²) in [5.41, 5.74) is 3.63. The monoisotopic (exact) mass is 530 g/mol. The van der Waals surface area contributed by atoms with Crippen molar-refractivity contribution in [3.05, 3.63) is 89.2 Å². The van der Waals surface area contributed by atoms with E-state index in [-0.39, 0.29) is 18.2 Å². The Bertz CT molecular complexity index is 1530. The molecule has 1 aromatic heterocycles. The average Bonchev–Trinajstić information content (AvgIpc) is 3.19. The molecule has 1 amide bonds. The zero-order valence-electron chi connectivity index (χ0n) is 22.1. The number of benzene rings is 3. The SMILES string of the molecule is CC(=O)N(CCCN(C)C)c1ccc(N=C(c2cccc(CC(=O)O)c2)c2c(O)[nH]c3cc(F)ccc23)cc1. The topological polar surface area (TPSA) is 109 Å². The Morgan fingerprint density at radius 3 is 2.41 bits per heavy atom. The molecule has 0 saturated heterocycles. The van der Waals surface area contributed by atoms with Crippen LogP contribution in [0.25, 0.3) is 10.9 Å². The van der Waals surface area contributed by atoms with Gasteiger partial charge in [-0.1, -0.05) is 18.2 Å². The molecular weight excluding hydrogens is 499 g/mol. The van der Waals surface area contributed by atoms with Crippen molar-refractivity contribution < 1.29 is 24.2 Å². The van der Waals surface area contributed by atoms with E-state index in [0.29, 0.717) is 45.5 Å².